The number of amides is 1. The van der Waals surface area contributed by atoms with Crippen molar-refractivity contribution in [1.29, 1.82) is 5.26 Å². The van der Waals surface area contributed by atoms with E-state index in [2.05, 4.69) is 29.6 Å². The van der Waals surface area contributed by atoms with Crippen molar-refractivity contribution in [2.45, 2.75) is 32.0 Å². The van der Waals surface area contributed by atoms with Gasteiger partial charge in [-0.2, -0.15) is 5.26 Å². The third-order valence-corrected chi connectivity index (χ3v) is 4.96. The van der Waals surface area contributed by atoms with Gasteiger partial charge in [0.25, 0.3) is 0 Å². The van der Waals surface area contributed by atoms with Gasteiger partial charge in [-0.15, -0.1) is 0 Å². The molecule has 2 heterocycles. The third kappa shape index (κ3) is 2.57. The molecule has 2 aliphatic rings. The Balaban J connectivity index is 1.59. The number of fused-ring (bicyclic) bond motifs is 1. The minimum Gasteiger partial charge on any atom is -0.333 e. The molecule has 1 saturated heterocycles. The maximum absolute atomic E-state index is 12.6. The van der Waals surface area contributed by atoms with Crippen molar-refractivity contribution >= 4 is 5.91 Å². The van der Waals surface area contributed by atoms with E-state index < -0.39 is 0 Å². The topological polar surface area (TPSA) is 56.1 Å². The lowest BCUT2D eigenvalue weighted by Gasteiger charge is -2.19. The number of hydrogen-bond donors (Lipinski definition) is 1. The molecule has 24 heavy (non-hydrogen) atoms. The van der Waals surface area contributed by atoms with Crippen molar-refractivity contribution in [2.24, 2.45) is 0 Å². The first-order valence-electron chi connectivity index (χ1n) is 8.40. The molecule has 4 nitrogen and oxygen atoms in total. The Hall–Kier alpha value is -2.64. The fraction of sp³-hybridized carbons (Fsp3) is 0.300. The molecule has 0 bridgehead atoms. The highest BCUT2D eigenvalue weighted by atomic mass is 16.2. The number of nitriles is 1. The highest BCUT2D eigenvalue weighted by Gasteiger charge is 2.30. The average molecular weight is 317 g/mol. The average Bonchev–Trinajstić information content (AvgIpc) is 3.30. The van der Waals surface area contributed by atoms with Crippen LogP contribution in [0.4, 0.5) is 0 Å². The lowest BCUT2D eigenvalue weighted by atomic mass is 9.97. The fourth-order valence-corrected chi connectivity index (χ4v) is 3.67. The van der Waals surface area contributed by atoms with Gasteiger partial charge < -0.3 is 10.2 Å². The van der Waals surface area contributed by atoms with Crippen LogP contribution in [0.15, 0.2) is 42.5 Å². The van der Waals surface area contributed by atoms with Crippen molar-refractivity contribution in [2.75, 3.05) is 6.54 Å². The van der Waals surface area contributed by atoms with Gasteiger partial charge in [-0.25, -0.2) is 0 Å². The number of hydrogen-bond acceptors (Lipinski definition) is 3. The van der Waals surface area contributed by atoms with E-state index >= 15 is 0 Å². The van der Waals surface area contributed by atoms with Gasteiger partial charge in [0.05, 0.1) is 17.7 Å². The predicted molar refractivity (Wildman–Crippen MR) is 91.9 cm³/mol. The number of carbonyl (C=O) groups is 1. The maximum Gasteiger partial charge on any atom is 0.240 e. The van der Waals surface area contributed by atoms with E-state index in [4.69, 9.17) is 0 Å². The molecule has 0 aromatic heterocycles. The summed E-state index contributed by atoms with van der Waals surface area (Å²) in [5.74, 6) is 0.211. The Labute approximate surface area is 141 Å². The molecule has 1 fully saturated rings. The van der Waals surface area contributed by atoms with Crippen molar-refractivity contribution in [1.82, 2.24) is 10.2 Å². The molecule has 1 N–H and O–H groups in total. The highest BCUT2D eigenvalue weighted by Crippen LogP contribution is 2.30. The third-order valence-electron chi connectivity index (χ3n) is 4.96. The fourth-order valence-electron chi connectivity index (χ4n) is 3.67. The molecule has 4 heteroatoms. The van der Waals surface area contributed by atoms with E-state index in [-0.39, 0.29) is 11.9 Å². The first-order chi connectivity index (χ1) is 11.8. The van der Waals surface area contributed by atoms with Crippen LogP contribution in [-0.2, 0) is 17.9 Å². The van der Waals surface area contributed by atoms with Gasteiger partial charge >= 0.3 is 0 Å². The standard InChI is InChI=1S/C20H19N3O/c21-11-15-4-1-2-5-18(15)14-7-8-16-12-23(13-17(16)10-14)20(24)19-6-3-9-22-19/h1-2,4-5,7-8,10,19,22H,3,6,9,12-13H2. The van der Waals surface area contributed by atoms with Gasteiger partial charge in [0.1, 0.15) is 0 Å². The molecule has 120 valence electrons. The number of nitrogens with zero attached hydrogens (tertiary/aromatic N) is 2. The molecule has 2 aliphatic heterocycles. The number of nitrogens with one attached hydrogen (secondary N) is 1. The van der Waals surface area contributed by atoms with Gasteiger partial charge in [-0.1, -0.05) is 30.3 Å². The first-order valence-corrected chi connectivity index (χ1v) is 8.40. The van der Waals surface area contributed by atoms with Crippen LogP contribution in [0.25, 0.3) is 11.1 Å². The largest absolute Gasteiger partial charge is 0.333 e. The lowest BCUT2D eigenvalue weighted by Crippen LogP contribution is -2.40. The van der Waals surface area contributed by atoms with Crippen molar-refractivity contribution in [3.63, 3.8) is 0 Å². The number of benzene rings is 2. The molecule has 1 atom stereocenters. The smallest absolute Gasteiger partial charge is 0.240 e. The molecule has 2 aromatic rings. The molecular formula is C20H19N3O. The van der Waals surface area contributed by atoms with Crippen LogP contribution in [0.1, 0.15) is 29.5 Å². The summed E-state index contributed by atoms with van der Waals surface area (Å²) in [7, 11) is 0. The zero-order valence-corrected chi connectivity index (χ0v) is 13.5. The summed E-state index contributed by atoms with van der Waals surface area (Å²) in [4.78, 5) is 14.5. The van der Waals surface area contributed by atoms with Crippen LogP contribution in [0.2, 0.25) is 0 Å². The first kappa shape index (κ1) is 14.9. The van der Waals surface area contributed by atoms with E-state index in [9.17, 15) is 10.1 Å². The van der Waals surface area contributed by atoms with E-state index in [0.29, 0.717) is 18.7 Å². The normalized spacial score (nSPS) is 19.1. The highest BCUT2D eigenvalue weighted by molar-refractivity contribution is 5.83. The van der Waals surface area contributed by atoms with Gasteiger partial charge in [-0.3, -0.25) is 4.79 Å². The second-order valence-electron chi connectivity index (χ2n) is 6.48. The summed E-state index contributed by atoms with van der Waals surface area (Å²) in [6.07, 6.45) is 2.01. The Kier molecular flexibility index (Phi) is 3.79. The predicted octanol–water partition coefficient (Wildman–Crippen LogP) is 2.82. The summed E-state index contributed by atoms with van der Waals surface area (Å²) in [5, 5.41) is 12.6. The molecule has 0 aliphatic carbocycles. The molecule has 0 radical (unpaired) electrons. The summed E-state index contributed by atoms with van der Waals surface area (Å²) in [6.45, 7) is 2.29. The van der Waals surface area contributed by atoms with Crippen LogP contribution in [-0.4, -0.2) is 23.4 Å². The van der Waals surface area contributed by atoms with E-state index in [1.165, 1.54) is 11.1 Å². The van der Waals surface area contributed by atoms with Crippen LogP contribution < -0.4 is 5.32 Å². The van der Waals surface area contributed by atoms with Gasteiger partial charge in [-0.05, 0) is 53.8 Å². The Morgan fingerprint density at radius 1 is 1.17 bits per heavy atom. The SMILES string of the molecule is N#Cc1ccccc1-c1ccc2c(c1)CN(C(=O)C1CCCN1)C2. The molecular weight excluding hydrogens is 298 g/mol. The zero-order chi connectivity index (χ0) is 16.5. The van der Waals surface area contributed by atoms with Gasteiger partial charge in [0.2, 0.25) is 5.91 Å². The summed E-state index contributed by atoms with van der Waals surface area (Å²) < 4.78 is 0. The molecule has 1 unspecified atom stereocenters. The Morgan fingerprint density at radius 2 is 2.00 bits per heavy atom. The molecule has 1 amide bonds. The summed E-state index contributed by atoms with van der Waals surface area (Å²) >= 11 is 0. The Morgan fingerprint density at radius 3 is 2.79 bits per heavy atom. The molecule has 4 rings (SSSR count). The summed E-state index contributed by atoms with van der Waals surface area (Å²) in [6, 6.07) is 16.1. The molecule has 0 spiro atoms. The van der Waals surface area contributed by atoms with Crippen LogP contribution in [0.3, 0.4) is 0 Å². The second-order valence-corrected chi connectivity index (χ2v) is 6.48. The number of carbonyl (C=O) groups excluding carboxylic acids is 1. The Bertz CT molecular complexity index is 831. The van der Waals surface area contributed by atoms with Crippen LogP contribution in [0, 0.1) is 11.3 Å². The van der Waals surface area contributed by atoms with Crippen LogP contribution >= 0.6 is 0 Å². The van der Waals surface area contributed by atoms with Crippen molar-refractivity contribution < 1.29 is 4.79 Å². The van der Waals surface area contributed by atoms with Crippen molar-refractivity contribution in [3.8, 4) is 17.2 Å². The van der Waals surface area contributed by atoms with E-state index in [1.807, 2.05) is 29.2 Å². The molecule has 2 aromatic carbocycles. The van der Waals surface area contributed by atoms with Crippen LogP contribution in [0.5, 0.6) is 0 Å². The lowest BCUT2D eigenvalue weighted by molar-refractivity contribution is -0.133. The zero-order valence-electron chi connectivity index (χ0n) is 13.5. The maximum atomic E-state index is 12.6. The monoisotopic (exact) mass is 317 g/mol. The van der Waals surface area contributed by atoms with Gasteiger partial charge in [0, 0.05) is 13.1 Å². The van der Waals surface area contributed by atoms with Crippen molar-refractivity contribution in [3.05, 3.63) is 59.2 Å². The minimum absolute atomic E-state index is 0.0157. The minimum atomic E-state index is -0.0157. The van der Waals surface area contributed by atoms with E-state index in [1.54, 1.807) is 0 Å². The second kappa shape index (κ2) is 6.10. The number of rotatable bonds is 2. The quantitative estimate of drug-likeness (QED) is 0.926. The molecule has 0 saturated carbocycles. The van der Waals surface area contributed by atoms with E-state index in [0.717, 1.165) is 30.5 Å². The van der Waals surface area contributed by atoms with Gasteiger partial charge in [0.15, 0.2) is 0 Å². The summed E-state index contributed by atoms with van der Waals surface area (Å²) in [5.41, 5.74) is 5.06.